The van der Waals surface area contributed by atoms with Gasteiger partial charge in [0.15, 0.2) is 0 Å². The molecule has 0 unspecified atom stereocenters. The van der Waals surface area contributed by atoms with Crippen LogP contribution in [0.15, 0.2) is 65.5 Å². The molecule has 4 rings (SSSR count). The Morgan fingerprint density at radius 3 is 2.66 bits per heavy atom. The number of benzene rings is 1. The lowest BCUT2D eigenvalue weighted by atomic mass is 9.97. The lowest BCUT2D eigenvalue weighted by molar-refractivity contribution is -0.131. The zero-order chi connectivity index (χ0) is 21.0. The second-order valence-electron chi connectivity index (χ2n) is 7.07. The number of fused-ring (bicyclic) bond motifs is 1. The minimum Gasteiger partial charge on any atom is -0.400 e. The fourth-order valence-corrected chi connectivity index (χ4v) is 4.06. The Labute approximate surface area is 171 Å². The standard InChI is InChI=1S/C23H23N3O.CH4O/c1-4-8-18-17-10-7-6-9-16(17)13-25-20(18)15-26-21(14-24-3)19(5-2)23(11-12-23)22(26)27;1-2/h4-10,13-14H,2,11-12,15H2,1,3H3;2H,1H3. The zero-order valence-corrected chi connectivity index (χ0v) is 17.2. The zero-order valence-electron chi connectivity index (χ0n) is 17.2. The summed E-state index contributed by atoms with van der Waals surface area (Å²) in [5.74, 6) is 0.147. The number of aromatic nitrogens is 1. The molecule has 2 heterocycles. The number of nitrogens with zero attached hydrogens (tertiary/aromatic N) is 3. The predicted molar refractivity (Wildman–Crippen MR) is 118 cm³/mol. The van der Waals surface area contributed by atoms with E-state index in [1.54, 1.807) is 13.3 Å². The van der Waals surface area contributed by atoms with Crippen LogP contribution in [-0.4, -0.2) is 41.3 Å². The molecule has 5 nitrogen and oxygen atoms in total. The van der Waals surface area contributed by atoms with Gasteiger partial charge in [-0.25, -0.2) is 0 Å². The molecule has 0 bridgehead atoms. The van der Waals surface area contributed by atoms with Gasteiger partial charge in [0, 0.05) is 37.5 Å². The lowest BCUT2D eigenvalue weighted by Gasteiger charge is -2.20. The van der Waals surface area contributed by atoms with Crippen LogP contribution in [0.3, 0.4) is 0 Å². The Bertz CT molecular complexity index is 1030. The van der Waals surface area contributed by atoms with E-state index >= 15 is 0 Å². The van der Waals surface area contributed by atoms with E-state index in [2.05, 4.69) is 29.8 Å². The van der Waals surface area contributed by atoms with Gasteiger partial charge in [0.2, 0.25) is 5.91 Å². The largest absolute Gasteiger partial charge is 0.400 e. The number of carbonyl (C=O) groups is 1. The summed E-state index contributed by atoms with van der Waals surface area (Å²) in [4.78, 5) is 23.9. The van der Waals surface area contributed by atoms with Crippen LogP contribution in [0.4, 0.5) is 0 Å². The van der Waals surface area contributed by atoms with Crippen molar-refractivity contribution < 1.29 is 9.90 Å². The number of rotatable bonds is 5. The Morgan fingerprint density at radius 1 is 1.31 bits per heavy atom. The Kier molecular flexibility index (Phi) is 6.09. The van der Waals surface area contributed by atoms with Gasteiger partial charge in [-0.2, -0.15) is 0 Å². The molecule has 2 aromatic rings. The highest BCUT2D eigenvalue weighted by Crippen LogP contribution is 2.58. The predicted octanol–water partition coefficient (Wildman–Crippen LogP) is 4.14. The number of amides is 1. The van der Waals surface area contributed by atoms with Crippen molar-refractivity contribution in [2.45, 2.75) is 26.3 Å². The summed E-state index contributed by atoms with van der Waals surface area (Å²) >= 11 is 0. The third kappa shape index (κ3) is 3.42. The van der Waals surface area contributed by atoms with Crippen LogP contribution in [0.2, 0.25) is 0 Å². The molecule has 1 fully saturated rings. The molecule has 1 spiro atoms. The number of pyridine rings is 1. The van der Waals surface area contributed by atoms with Gasteiger partial charge in [-0.1, -0.05) is 49.1 Å². The van der Waals surface area contributed by atoms with Gasteiger partial charge >= 0.3 is 0 Å². The second-order valence-corrected chi connectivity index (χ2v) is 7.07. The van der Waals surface area contributed by atoms with Gasteiger partial charge in [-0.05, 0) is 30.7 Å². The van der Waals surface area contributed by atoms with Gasteiger partial charge in [0.25, 0.3) is 0 Å². The highest BCUT2D eigenvalue weighted by molar-refractivity contribution is 6.02. The van der Waals surface area contributed by atoms with Crippen molar-refractivity contribution in [2.75, 3.05) is 14.2 Å². The van der Waals surface area contributed by atoms with Gasteiger partial charge in [-0.3, -0.25) is 14.8 Å². The molecule has 1 aromatic heterocycles. The Balaban J connectivity index is 0.00000117. The molecule has 150 valence electrons. The third-order valence-electron chi connectivity index (χ3n) is 5.50. The summed E-state index contributed by atoms with van der Waals surface area (Å²) in [5.41, 5.74) is 3.44. The SMILES string of the molecule is C=CC1=C(C=NC)N(Cc2ncc3ccccc3c2C=CC)C(=O)C12CC2.CO. The van der Waals surface area contributed by atoms with Gasteiger partial charge in [0.05, 0.1) is 23.4 Å². The molecule has 1 aliphatic heterocycles. The second kappa shape index (κ2) is 8.53. The van der Waals surface area contributed by atoms with Crippen molar-refractivity contribution in [1.82, 2.24) is 9.88 Å². The fourth-order valence-electron chi connectivity index (χ4n) is 4.06. The number of hydrogen-bond donors (Lipinski definition) is 1. The van der Waals surface area contributed by atoms with E-state index in [9.17, 15) is 4.79 Å². The van der Waals surface area contributed by atoms with E-state index in [4.69, 9.17) is 10.1 Å². The maximum absolute atomic E-state index is 13.2. The molecule has 0 radical (unpaired) electrons. The molecule has 1 aromatic carbocycles. The maximum atomic E-state index is 13.2. The van der Waals surface area contributed by atoms with Crippen molar-refractivity contribution in [3.8, 4) is 0 Å². The number of aliphatic imine (C=N–C) groups is 1. The van der Waals surface area contributed by atoms with Gasteiger partial charge < -0.3 is 10.0 Å². The van der Waals surface area contributed by atoms with Crippen LogP contribution in [0, 0.1) is 5.41 Å². The molecule has 0 saturated heterocycles. The molecule has 1 aliphatic carbocycles. The van der Waals surface area contributed by atoms with Crippen LogP contribution in [0.25, 0.3) is 16.8 Å². The van der Waals surface area contributed by atoms with Crippen molar-refractivity contribution in [3.05, 3.63) is 71.7 Å². The molecule has 1 N–H and O–H groups in total. The van der Waals surface area contributed by atoms with E-state index in [-0.39, 0.29) is 11.3 Å². The van der Waals surface area contributed by atoms with Crippen molar-refractivity contribution in [2.24, 2.45) is 10.4 Å². The average Bonchev–Trinajstić information content (AvgIpc) is 3.52. The number of allylic oxidation sites excluding steroid dienone is 3. The average molecular weight is 389 g/mol. The van der Waals surface area contributed by atoms with Crippen molar-refractivity contribution >= 4 is 29.0 Å². The van der Waals surface area contributed by atoms with Crippen molar-refractivity contribution in [3.63, 3.8) is 0 Å². The summed E-state index contributed by atoms with van der Waals surface area (Å²) in [6.07, 6.45) is 11.3. The molecule has 1 saturated carbocycles. The molecule has 5 heteroatoms. The molecule has 29 heavy (non-hydrogen) atoms. The summed E-state index contributed by atoms with van der Waals surface area (Å²) in [7, 11) is 2.73. The third-order valence-corrected chi connectivity index (χ3v) is 5.50. The lowest BCUT2D eigenvalue weighted by Crippen LogP contribution is -2.30. The quantitative estimate of drug-likeness (QED) is 0.782. The van der Waals surface area contributed by atoms with E-state index in [1.165, 1.54) is 0 Å². The minimum atomic E-state index is -0.379. The molecule has 0 atom stereocenters. The first-order chi connectivity index (χ1) is 14.2. The first-order valence-corrected chi connectivity index (χ1v) is 9.71. The Hall–Kier alpha value is -3.05. The molecular weight excluding hydrogens is 362 g/mol. The van der Waals surface area contributed by atoms with Crippen LogP contribution >= 0.6 is 0 Å². The first-order valence-electron chi connectivity index (χ1n) is 9.71. The van der Waals surface area contributed by atoms with Crippen molar-refractivity contribution in [1.29, 1.82) is 0 Å². The number of hydrogen-bond acceptors (Lipinski definition) is 4. The van der Waals surface area contributed by atoms with Crippen LogP contribution in [0.1, 0.15) is 31.0 Å². The van der Waals surface area contributed by atoms with Crippen LogP contribution in [0.5, 0.6) is 0 Å². The fraction of sp³-hybridized carbons (Fsp3) is 0.292. The topological polar surface area (TPSA) is 65.8 Å². The number of aliphatic hydroxyl groups excluding tert-OH is 1. The summed E-state index contributed by atoms with van der Waals surface area (Å²) in [6, 6.07) is 8.21. The van der Waals surface area contributed by atoms with E-state index in [0.29, 0.717) is 6.54 Å². The minimum absolute atomic E-state index is 0.147. The number of carbonyl (C=O) groups excluding carboxylic acids is 1. The summed E-state index contributed by atoms with van der Waals surface area (Å²) < 4.78 is 0. The summed E-state index contributed by atoms with van der Waals surface area (Å²) in [6.45, 7) is 6.38. The highest BCUT2D eigenvalue weighted by atomic mass is 16.2. The summed E-state index contributed by atoms with van der Waals surface area (Å²) in [5, 5.41) is 9.24. The molecular formula is C24H27N3O2. The first kappa shape index (κ1) is 20.7. The van der Waals surface area contributed by atoms with Gasteiger partial charge in [-0.15, -0.1) is 0 Å². The highest BCUT2D eigenvalue weighted by Gasteiger charge is 2.59. The molecule has 2 aliphatic rings. The normalized spacial score (nSPS) is 17.5. The monoisotopic (exact) mass is 389 g/mol. The van der Waals surface area contributed by atoms with E-state index in [1.807, 2.05) is 42.3 Å². The smallest absolute Gasteiger partial charge is 0.238 e. The Morgan fingerprint density at radius 2 is 2.03 bits per heavy atom. The van der Waals surface area contributed by atoms with Crippen LogP contribution in [-0.2, 0) is 11.3 Å². The van der Waals surface area contributed by atoms with Gasteiger partial charge in [0.1, 0.15) is 0 Å². The van der Waals surface area contributed by atoms with Crippen LogP contribution < -0.4 is 0 Å². The maximum Gasteiger partial charge on any atom is 0.238 e. The van der Waals surface area contributed by atoms with E-state index < -0.39 is 0 Å². The molecule has 1 amide bonds. The number of aliphatic hydroxyl groups is 1. The van der Waals surface area contributed by atoms with E-state index in [0.717, 1.165) is 53.3 Å².